The Morgan fingerprint density at radius 2 is 2.18 bits per heavy atom. The number of allylic oxidation sites excluding steroid dienone is 1. The third kappa shape index (κ3) is 5.97. The number of aliphatic hydroxyl groups is 1. The average Bonchev–Trinajstić information content (AvgIpc) is 2.56. The molecule has 1 aromatic rings. The molecule has 3 N–H and O–H groups in total. The standard InChI is InChI=1S/C16H22N2O4/c1-3-4-7-13(11-19)18-15(20)10-17-16(21)12-6-5-8-14(9-12)22-2/h3-6,8-9,13,19H,7,10-11H2,1-2H3,(H,17,21)(H,18,20)/t13-/m0/s1. The van der Waals surface area contributed by atoms with Crippen molar-refractivity contribution in [3.63, 3.8) is 0 Å². The molecule has 0 heterocycles. The van der Waals surface area contributed by atoms with Crippen molar-refractivity contribution in [1.29, 1.82) is 0 Å². The lowest BCUT2D eigenvalue weighted by Gasteiger charge is -2.14. The average molecular weight is 306 g/mol. The molecule has 0 saturated heterocycles. The van der Waals surface area contributed by atoms with Crippen LogP contribution in [0.3, 0.4) is 0 Å². The number of carbonyl (C=O) groups excluding carboxylic acids is 2. The number of benzene rings is 1. The van der Waals surface area contributed by atoms with Crippen LogP contribution in [0.1, 0.15) is 23.7 Å². The summed E-state index contributed by atoms with van der Waals surface area (Å²) in [4.78, 5) is 23.7. The molecule has 0 bridgehead atoms. The lowest BCUT2D eigenvalue weighted by molar-refractivity contribution is -0.121. The van der Waals surface area contributed by atoms with Gasteiger partial charge in [-0.25, -0.2) is 0 Å². The van der Waals surface area contributed by atoms with Crippen molar-refractivity contribution in [3.05, 3.63) is 42.0 Å². The summed E-state index contributed by atoms with van der Waals surface area (Å²) in [5.41, 5.74) is 0.416. The molecule has 0 aromatic heterocycles. The normalized spacial score (nSPS) is 12.0. The molecule has 1 rings (SSSR count). The van der Waals surface area contributed by atoms with Gasteiger partial charge in [0.15, 0.2) is 0 Å². The smallest absolute Gasteiger partial charge is 0.251 e. The molecule has 120 valence electrons. The van der Waals surface area contributed by atoms with Crippen LogP contribution >= 0.6 is 0 Å². The third-order valence-corrected chi connectivity index (χ3v) is 2.98. The largest absolute Gasteiger partial charge is 0.497 e. The minimum atomic E-state index is -0.358. The fourth-order valence-electron chi connectivity index (χ4n) is 1.79. The molecule has 1 atom stereocenters. The minimum absolute atomic E-state index is 0.150. The van der Waals surface area contributed by atoms with E-state index in [1.807, 2.05) is 19.1 Å². The van der Waals surface area contributed by atoms with E-state index in [-0.39, 0.29) is 31.0 Å². The Kier molecular flexibility index (Phi) is 7.70. The van der Waals surface area contributed by atoms with Gasteiger partial charge in [-0.05, 0) is 31.5 Å². The number of nitrogens with one attached hydrogen (secondary N) is 2. The van der Waals surface area contributed by atoms with Gasteiger partial charge in [-0.2, -0.15) is 0 Å². The van der Waals surface area contributed by atoms with Gasteiger partial charge >= 0.3 is 0 Å². The fraction of sp³-hybridized carbons (Fsp3) is 0.375. The van der Waals surface area contributed by atoms with Crippen LogP contribution < -0.4 is 15.4 Å². The molecule has 0 radical (unpaired) electrons. The van der Waals surface area contributed by atoms with Crippen LogP contribution in [0.15, 0.2) is 36.4 Å². The number of hydrogen-bond donors (Lipinski definition) is 3. The van der Waals surface area contributed by atoms with Gasteiger partial charge in [0.25, 0.3) is 5.91 Å². The maximum absolute atomic E-state index is 11.9. The van der Waals surface area contributed by atoms with Crippen LogP contribution in [0.4, 0.5) is 0 Å². The number of carbonyl (C=O) groups is 2. The van der Waals surface area contributed by atoms with Gasteiger partial charge in [-0.3, -0.25) is 9.59 Å². The summed E-state index contributed by atoms with van der Waals surface area (Å²) in [7, 11) is 1.52. The minimum Gasteiger partial charge on any atom is -0.497 e. The molecule has 2 amide bonds. The molecule has 22 heavy (non-hydrogen) atoms. The van der Waals surface area contributed by atoms with Gasteiger partial charge in [0, 0.05) is 5.56 Å². The van der Waals surface area contributed by atoms with E-state index < -0.39 is 0 Å². The van der Waals surface area contributed by atoms with Crippen LogP contribution in [0.5, 0.6) is 5.75 Å². The number of amides is 2. The van der Waals surface area contributed by atoms with Crippen molar-refractivity contribution >= 4 is 11.8 Å². The Balaban J connectivity index is 2.47. The van der Waals surface area contributed by atoms with E-state index in [0.717, 1.165) is 0 Å². The first kappa shape index (κ1) is 17.7. The zero-order valence-corrected chi connectivity index (χ0v) is 12.8. The topological polar surface area (TPSA) is 87.7 Å². The molecule has 0 aliphatic heterocycles. The molecule has 0 unspecified atom stereocenters. The maximum atomic E-state index is 11.9. The molecule has 6 nitrogen and oxygen atoms in total. The Bertz CT molecular complexity index is 529. The lowest BCUT2D eigenvalue weighted by atomic mass is 10.2. The summed E-state index contributed by atoms with van der Waals surface area (Å²) in [5.74, 6) is -0.133. The van der Waals surface area contributed by atoms with E-state index in [1.54, 1.807) is 24.3 Å². The first-order chi connectivity index (χ1) is 10.6. The van der Waals surface area contributed by atoms with Crippen LogP contribution in [0.2, 0.25) is 0 Å². The maximum Gasteiger partial charge on any atom is 0.251 e. The van der Waals surface area contributed by atoms with Crippen molar-refractivity contribution in [2.24, 2.45) is 0 Å². The first-order valence-electron chi connectivity index (χ1n) is 7.04. The van der Waals surface area contributed by atoms with E-state index in [1.165, 1.54) is 7.11 Å². The lowest BCUT2D eigenvalue weighted by Crippen LogP contribution is -2.43. The highest BCUT2D eigenvalue weighted by molar-refractivity contribution is 5.96. The highest BCUT2D eigenvalue weighted by Gasteiger charge is 2.12. The highest BCUT2D eigenvalue weighted by atomic mass is 16.5. The van der Waals surface area contributed by atoms with Crippen molar-refractivity contribution in [2.45, 2.75) is 19.4 Å². The highest BCUT2D eigenvalue weighted by Crippen LogP contribution is 2.12. The summed E-state index contributed by atoms with van der Waals surface area (Å²) in [6.45, 7) is 1.56. The Morgan fingerprint density at radius 1 is 1.41 bits per heavy atom. The van der Waals surface area contributed by atoms with Gasteiger partial charge in [0.1, 0.15) is 5.75 Å². The monoisotopic (exact) mass is 306 g/mol. The van der Waals surface area contributed by atoms with Crippen LogP contribution in [-0.4, -0.2) is 43.2 Å². The quantitative estimate of drug-likeness (QED) is 0.622. The summed E-state index contributed by atoms with van der Waals surface area (Å²) in [6, 6.07) is 6.31. The van der Waals surface area contributed by atoms with E-state index >= 15 is 0 Å². The van der Waals surface area contributed by atoms with Crippen molar-refractivity contribution in [1.82, 2.24) is 10.6 Å². The van der Waals surface area contributed by atoms with Crippen LogP contribution in [0.25, 0.3) is 0 Å². The SMILES string of the molecule is CC=CC[C@@H](CO)NC(=O)CNC(=O)c1cccc(OC)c1. The summed E-state index contributed by atoms with van der Waals surface area (Å²) in [6.07, 6.45) is 4.25. The van der Waals surface area contributed by atoms with Gasteiger partial charge in [-0.1, -0.05) is 18.2 Å². The van der Waals surface area contributed by atoms with Gasteiger partial charge in [0.05, 0.1) is 26.3 Å². The molecule has 0 aliphatic rings. The second-order valence-electron chi connectivity index (χ2n) is 4.67. The molecule has 0 aliphatic carbocycles. The molecular weight excluding hydrogens is 284 g/mol. The molecule has 6 heteroatoms. The van der Waals surface area contributed by atoms with E-state index in [2.05, 4.69) is 10.6 Å². The summed E-state index contributed by atoms with van der Waals surface area (Å²) < 4.78 is 5.04. The van der Waals surface area contributed by atoms with E-state index in [4.69, 9.17) is 9.84 Å². The van der Waals surface area contributed by atoms with E-state index in [9.17, 15) is 9.59 Å². The van der Waals surface area contributed by atoms with Gasteiger partial charge < -0.3 is 20.5 Å². The van der Waals surface area contributed by atoms with Crippen molar-refractivity contribution in [2.75, 3.05) is 20.3 Å². The third-order valence-electron chi connectivity index (χ3n) is 2.98. The molecule has 0 fully saturated rings. The summed E-state index contributed by atoms with van der Waals surface area (Å²) >= 11 is 0. The first-order valence-corrected chi connectivity index (χ1v) is 7.04. The van der Waals surface area contributed by atoms with E-state index in [0.29, 0.717) is 17.7 Å². The van der Waals surface area contributed by atoms with Crippen molar-refractivity contribution < 1.29 is 19.4 Å². The Labute approximate surface area is 130 Å². The number of rotatable bonds is 8. The second-order valence-corrected chi connectivity index (χ2v) is 4.67. The Morgan fingerprint density at radius 3 is 2.82 bits per heavy atom. The van der Waals surface area contributed by atoms with Gasteiger partial charge in [-0.15, -0.1) is 0 Å². The molecule has 1 aromatic carbocycles. The Hall–Kier alpha value is -2.34. The fourth-order valence-corrected chi connectivity index (χ4v) is 1.79. The predicted molar refractivity (Wildman–Crippen MR) is 83.8 cm³/mol. The zero-order chi connectivity index (χ0) is 16.4. The number of ether oxygens (including phenoxy) is 1. The molecule has 0 saturated carbocycles. The molecular formula is C16H22N2O4. The number of methoxy groups -OCH3 is 1. The van der Waals surface area contributed by atoms with Crippen molar-refractivity contribution in [3.8, 4) is 5.75 Å². The number of aliphatic hydroxyl groups excluding tert-OH is 1. The predicted octanol–water partition coefficient (Wildman–Crippen LogP) is 0.868. The summed E-state index contributed by atoms with van der Waals surface area (Å²) in [5, 5.41) is 14.3. The van der Waals surface area contributed by atoms with Crippen LogP contribution in [-0.2, 0) is 4.79 Å². The second kappa shape index (κ2) is 9.57. The van der Waals surface area contributed by atoms with Gasteiger partial charge in [0.2, 0.25) is 5.91 Å². The zero-order valence-electron chi connectivity index (χ0n) is 12.8. The molecule has 0 spiro atoms. The van der Waals surface area contributed by atoms with Crippen LogP contribution in [0, 0.1) is 0 Å². The number of hydrogen-bond acceptors (Lipinski definition) is 4.